The second-order valence-electron chi connectivity index (χ2n) is 5.61. The molecule has 0 radical (unpaired) electrons. The van der Waals surface area contributed by atoms with E-state index in [4.69, 9.17) is 9.15 Å². The van der Waals surface area contributed by atoms with Gasteiger partial charge < -0.3 is 9.15 Å². The van der Waals surface area contributed by atoms with Crippen molar-refractivity contribution in [2.24, 2.45) is 0 Å². The van der Waals surface area contributed by atoms with Gasteiger partial charge in [0.1, 0.15) is 0 Å². The topological polar surface area (TPSA) is 103 Å². The first kappa shape index (κ1) is 18.5. The van der Waals surface area contributed by atoms with E-state index < -0.39 is 15.8 Å². The van der Waals surface area contributed by atoms with Crippen molar-refractivity contribution in [3.63, 3.8) is 0 Å². The predicted octanol–water partition coefficient (Wildman–Crippen LogP) is 2.56. The zero-order valence-corrected chi connectivity index (χ0v) is 15.4. The minimum atomic E-state index is -3.69. The first-order chi connectivity index (χ1) is 12.9. The number of nitrogens with one attached hydrogen (secondary N) is 1. The Labute approximate surface area is 155 Å². The zero-order chi connectivity index (χ0) is 19.4. The van der Waals surface area contributed by atoms with Crippen molar-refractivity contribution in [2.75, 3.05) is 11.8 Å². The van der Waals surface area contributed by atoms with Crippen molar-refractivity contribution >= 4 is 21.8 Å². The van der Waals surface area contributed by atoms with Crippen LogP contribution >= 0.6 is 0 Å². The van der Waals surface area contributed by atoms with Gasteiger partial charge in [-0.2, -0.15) is 4.68 Å². The number of aryl methyl sites for hydroxylation is 1. The summed E-state index contributed by atoms with van der Waals surface area (Å²) in [5, 5.41) is 4.97. The molecule has 8 nitrogen and oxygen atoms in total. The molecule has 1 N–H and O–H groups in total. The Hall–Kier alpha value is -3.33. The zero-order valence-electron chi connectivity index (χ0n) is 14.6. The highest BCUT2D eigenvalue weighted by Gasteiger charge is 2.13. The summed E-state index contributed by atoms with van der Waals surface area (Å²) in [7, 11) is -2.36. The van der Waals surface area contributed by atoms with Crippen molar-refractivity contribution < 1.29 is 17.6 Å². The molecule has 0 unspecified atom stereocenters. The van der Waals surface area contributed by atoms with Crippen molar-refractivity contribution in [3.05, 3.63) is 75.6 Å². The highest BCUT2D eigenvalue weighted by atomic mass is 32.2. The molecule has 0 spiro atoms. The maximum Gasteiger partial charge on any atom is 0.444 e. The van der Waals surface area contributed by atoms with Crippen LogP contribution in [0.2, 0.25) is 0 Å². The fourth-order valence-corrected chi connectivity index (χ4v) is 3.26. The molecule has 0 saturated heterocycles. The van der Waals surface area contributed by atoms with Crippen molar-refractivity contribution in [3.8, 4) is 11.8 Å². The van der Waals surface area contributed by atoms with Gasteiger partial charge in [-0.25, -0.2) is 13.2 Å². The van der Waals surface area contributed by atoms with Gasteiger partial charge in [-0.1, -0.05) is 35.4 Å². The van der Waals surface area contributed by atoms with E-state index in [1.54, 1.807) is 37.3 Å². The molecular weight excluding hydrogens is 370 g/mol. The van der Waals surface area contributed by atoms with E-state index in [2.05, 4.69) is 9.82 Å². The van der Waals surface area contributed by atoms with Gasteiger partial charge in [-0.05, 0) is 42.3 Å². The molecule has 0 aliphatic rings. The van der Waals surface area contributed by atoms with Gasteiger partial charge in [0.2, 0.25) is 0 Å². The van der Waals surface area contributed by atoms with E-state index in [0.717, 1.165) is 15.7 Å². The maximum atomic E-state index is 12.3. The Morgan fingerprint density at radius 1 is 1.19 bits per heavy atom. The minimum Gasteiger partial charge on any atom is -0.452 e. The van der Waals surface area contributed by atoms with E-state index >= 15 is 0 Å². The van der Waals surface area contributed by atoms with E-state index in [1.165, 1.54) is 13.2 Å². The van der Waals surface area contributed by atoms with Gasteiger partial charge in [0.05, 0.1) is 23.9 Å². The molecule has 27 heavy (non-hydrogen) atoms. The average molecular weight is 387 g/mol. The van der Waals surface area contributed by atoms with E-state index in [1.807, 2.05) is 18.2 Å². The van der Waals surface area contributed by atoms with E-state index in [9.17, 15) is 13.2 Å². The molecule has 0 atom stereocenters. The number of anilines is 1. The second-order valence-corrected chi connectivity index (χ2v) is 7.18. The number of hydrogen-bond acceptors (Lipinski definition) is 6. The molecule has 0 amide bonds. The normalized spacial score (nSPS) is 11.6. The third-order valence-electron chi connectivity index (χ3n) is 3.65. The number of sulfonamides is 1. The predicted molar refractivity (Wildman–Crippen MR) is 101 cm³/mol. The molecule has 140 valence electrons. The molecule has 0 fully saturated rings. The quantitative estimate of drug-likeness (QED) is 0.697. The smallest absolute Gasteiger partial charge is 0.444 e. The van der Waals surface area contributed by atoms with Crippen LogP contribution in [0.15, 0.2) is 63.2 Å². The van der Waals surface area contributed by atoms with Crippen molar-refractivity contribution in [1.29, 1.82) is 0 Å². The van der Waals surface area contributed by atoms with Gasteiger partial charge in [-0.3, -0.25) is 4.72 Å². The first-order valence-electron chi connectivity index (χ1n) is 7.89. The third kappa shape index (κ3) is 4.45. The maximum absolute atomic E-state index is 12.3. The molecular formula is C18H17N3O5S. The number of ether oxygens (including phenoxy) is 1. The molecule has 1 aromatic heterocycles. The number of nitrogens with zero attached hydrogens (tertiary/aromatic N) is 2. The summed E-state index contributed by atoms with van der Waals surface area (Å²) in [5.41, 5.74) is 2.19. The summed E-state index contributed by atoms with van der Waals surface area (Å²) in [6.45, 7) is 1.71. The molecule has 2 aromatic carbocycles. The second kappa shape index (κ2) is 7.50. The van der Waals surface area contributed by atoms with Crippen LogP contribution in [0.3, 0.4) is 0 Å². The summed E-state index contributed by atoms with van der Waals surface area (Å²) in [6.07, 6.45) is 1.35. The van der Waals surface area contributed by atoms with Crippen molar-refractivity contribution in [1.82, 2.24) is 9.78 Å². The Balaban J connectivity index is 1.82. The Kier molecular flexibility index (Phi) is 5.13. The highest BCUT2D eigenvalue weighted by Crippen LogP contribution is 2.20. The Morgan fingerprint density at radius 2 is 1.93 bits per heavy atom. The molecule has 0 aliphatic carbocycles. The lowest BCUT2D eigenvalue weighted by molar-refractivity contribution is 0.282. The number of methoxy groups -OCH3 is 1. The molecule has 1 heterocycles. The monoisotopic (exact) mass is 387 g/mol. The van der Waals surface area contributed by atoms with Crippen molar-refractivity contribution in [2.45, 2.75) is 6.92 Å². The van der Waals surface area contributed by atoms with Crippen LogP contribution in [0, 0.1) is 6.92 Å². The van der Waals surface area contributed by atoms with E-state index in [-0.39, 0.29) is 6.08 Å². The molecule has 3 aromatic rings. The van der Waals surface area contributed by atoms with Crippen LogP contribution < -0.4 is 15.2 Å². The lowest BCUT2D eigenvalue weighted by Crippen LogP contribution is -2.14. The summed E-state index contributed by atoms with van der Waals surface area (Å²) >= 11 is 0. The van der Waals surface area contributed by atoms with Gasteiger partial charge in [-0.15, -0.1) is 0 Å². The van der Waals surface area contributed by atoms with Crippen LogP contribution in [0.25, 0.3) is 11.8 Å². The lowest BCUT2D eigenvalue weighted by Gasteiger charge is -2.09. The van der Waals surface area contributed by atoms with Crippen LogP contribution in [0.4, 0.5) is 5.69 Å². The molecule has 0 aliphatic heterocycles. The average Bonchev–Trinajstić information content (AvgIpc) is 3.03. The summed E-state index contributed by atoms with van der Waals surface area (Å²) in [5.74, 6) is -0.703. The summed E-state index contributed by atoms with van der Waals surface area (Å²) in [6, 6.07) is 13.8. The van der Waals surface area contributed by atoms with Crippen LogP contribution in [0.1, 0.15) is 11.1 Å². The van der Waals surface area contributed by atoms with Crippen LogP contribution in [-0.2, 0) is 10.0 Å². The summed E-state index contributed by atoms with van der Waals surface area (Å²) in [4.78, 5) is 11.8. The fraction of sp³-hybridized carbons (Fsp3) is 0.111. The van der Waals surface area contributed by atoms with Gasteiger partial charge in [0.15, 0.2) is 0 Å². The highest BCUT2D eigenvalue weighted by molar-refractivity contribution is 7.95. The standard InChI is InChI=1S/C18H17N3O5S/c1-13-12-15(21-18(22)26-17(19-21)25-2)8-9-16(13)20-27(23,24)11-10-14-6-4-3-5-7-14/h3-12,20H,1-2H3. The van der Waals surface area contributed by atoms with Crippen LogP contribution in [0.5, 0.6) is 6.08 Å². The summed E-state index contributed by atoms with van der Waals surface area (Å²) < 4.78 is 37.7. The van der Waals surface area contributed by atoms with E-state index in [0.29, 0.717) is 16.9 Å². The Bertz CT molecular complexity index is 1130. The number of rotatable bonds is 6. The van der Waals surface area contributed by atoms with Crippen LogP contribution in [-0.4, -0.2) is 25.3 Å². The van der Waals surface area contributed by atoms with Gasteiger partial charge in [0.25, 0.3) is 10.0 Å². The first-order valence-corrected chi connectivity index (χ1v) is 9.44. The molecule has 0 saturated carbocycles. The number of aromatic nitrogens is 2. The number of hydrogen-bond donors (Lipinski definition) is 1. The lowest BCUT2D eigenvalue weighted by atomic mass is 10.2. The van der Waals surface area contributed by atoms with Gasteiger partial charge in [0, 0.05) is 0 Å². The molecule has 0 bridgehead atoms. The largest absolute Gasteiger partial charge is 0.452 e. The number of benzene rings is 2. The molecule has 9 heteroatoms. The minimum absolute atomic E-state index is 0.159. The molecule has 3 rings (SSSR count). The fourth-order valence-electron chi connectivity index (χ4n) is 2.32. The third-order valence-corrected chi connectivity index (χ3v) is 4.65. The SMILES string of the molecule is COc1nn(-c2ccc(NS(=O)(=O)C=Cc3ccccc3)c(C)c2)c(=O)o1. The van der Waals surface area contributed by atoms with Gasteiger partial charge >= 0.3 is 11.8 Å². The Morgan fingerprint density at radius 3 is 2.56 bits per heavy atom.